The molecule has 0 aliphatic rings. The Bertz CT molecular complexity index is 736. The number of carbonyl (C=O) groups is 2. The first-order valence-electron chi connectivity index (χ1n) is 8.63. The predicted molar refractivity (Wildman–Crippen MR) is 100 cm³/mol. The van der Waals surface area contributed by atoms with E-state index in [1.807, 2.05) is 38.1 Å². The molecule has 0 aliphatic heterocycles. The van der Waals surface area contributed by atoms with Crippen molar-refractivity contribution >= 4 is 11.8 Å². The van der Waals surface area contributed by atoms with Gasteiger partial charge in [0, 0.05) is 5.56 Å². The maximum absolute atomic E-state index is 12.3. The monoisotopic (exact) mass is 338 g/mol. The molecule has 0 fully saturated rings. The van der Waals surface area contributed by atoms with Crippen LogP contribution in [0.15, 0.2) is 48.5 Å². The number of hydrazine groups is 1. The van der Waals surface area contributed by atoms with Crippen molar-refractivity contribution in [2.24, 2.45) is 5.92 Å². The van der Waals surface area contributed by atoms with Crippen LogP contribution in [0.4, 0.5) is 0 Å². The van der Waals surface area contributed by atoms with Crippen LogP contribution >= 0.6 is 0 Å². The van der Waals surface area contributed by atoms with Gasteiger partial charge in [-0.2, -0.15) is 0 Å². The molecule has 2 rings (SSSR count). The van der Waals surface area contributed by atoms with Crippen LogP contribution in [0.1, 0.15) is 53.7 Å². The third kappa shape index (κ3) is 5.18. The molecule has 0 heterocycles. The van der Waals surface area contributed by atoms with Gasteiger partial charge < -0.3 is 0 Å². The molecule has 2 aromatic carbocycles. The molecule has 2 aromatic rings. The first kappa shape index (κ1) is 18.7. The number of aryl methyl sites for hydroxylation is 1. The fourth-order valence-corrected chi connectivity index (χ4v) is 2.69. The Morgan fingerprint density at radius 1 is 0.920 bits per heavy atom. The van der Waals surface area contributed by atoms with Gasteiger partial charge in [0.1, 0.15) is 0 Å². The zero-order valence-corrected chi connectivity index (χ0v) is 15.3. The molecule has 4 nitrogen and oxygen atoms in total. The van der Waals surface area contributed by atoms with Crippen LogP contribution in [0, 0.1) is 12.8 Å². The number of hydrogen-bond donors (Lipinski definition) is 2. The van der Waals surface area contributed by atoms with E-state index in [1.54, 1.807) is 12.1 Å². The molecular formula is C21H26N2O2. The minimum Gasteiger partial charge on any atom is -0.273 e. The third-order valence-electron chi connectivity index (χ3n) is 4.21. The summed E-state index contributed by atoms with van der Waals surface area (Å²) in [5, 5.41) is 0. The van der Waals surface area contributed by atoms with E-state index in [4.69, 9.17) is 0 Å². The van der Waals surface area contributed by atoms with Gasteiger partial charge in [-0.15, -0.1) is 0 Å². The quantitative estimate of drug-likeness (QED) is 0.816. The molecule has 1 atom stereocenters. The molecule has 132 valence electrons. The van der Waals surface area contributed by atoms with Crippen LogP contribution < -0.4 is 10.9 Å². The lowest BCUT2D eigenvalue weighted by Crippen LogP contribution is -2.43. The number of benzene rings is 2. The van der Waals surface area contributed by atoms with Crippen molar-refractivity contribution in [2.45, 2.75) is 40.0 Å². The summed E-state index contributed by atoms with van der Waals surface area (Å²) in [7, 11) is 0. The summed E-state index contributed by atoms with van der Waals surface area (Å²) in [6, 6.07) is 15.3. The zero-order chi connectivity index (χ0) is 18.4. The van der Waals surface area contributed by atoms with Gasteiger partial charge in [-0.05, 0) is 48.9 Å². The average molecular weight is 338 g/mol. The normalized spacial score (nSPS) is 11.9. The van der Waals surface area contributed by atoms with Gasteiger partial charge in [0.05, 0.1) is 5.92 Å². The summed E-state index contributed by atoms with van der Waals surface area (Å²) in [5.74, 6) is -0.294. The molecule has 0 bridgehead atoms. The molecule has 1 unspecified atom stereocenters. The van der Waals surface area contributed by atoms with E-state index in [2.05, 4.69) is 36.8 Å². The molecule has 4 heteroatoms. The summed E-state index contributed by atoms with van der Waals surface area (Å²) in [6.45, 7) is 8.05. The lowest BCUT2D eigenvalue weighted by molar-refractivity contribution is -0.123. The van der Waals surface area contributed by atoms with Crippen LogP contribution in [0.5, 0.6) is 0 Å². The van der Waals surface area contributed by atoms with Crippen LogP contribution in [-0.2, 0) is 11.2 Å². The lowest BCUT2D eigenvalue weighted by Gasteiger charge is -2.14. The lowest BCUT2D eigenvalue weighted by atomic mass is 9.96. The van der Waals surface area contributed by atoms with E-state index in [1.165, 1.54) is 5.56 Å². The summed E-state index contributed by atoms with van der Waals surface area (Å²) in [6.07, 6.45) is 1.02. The number of rotatable bonds is 5. The summed E-state index contributed by atoms with van der Waals surface area (Å²) < 4.78 is 0. The summed E-state index contributed by atoms with van der Waals surface area (Å²) in [4.78, 5) is 24.5. The van der Waals surface area contributed by atoms with Crippen LogP contribution in [0.25, 0.3) is 0 Å². The SMILES string of the molecule is Cc1ccccc1C(=O)NNC(=O)C(C)c1ccc(CC(C)C)cc1. The second-order valence-corrected chi connectivity index (χ2v) is 6.82. The van der Waals surface area contributed by atoms with Crippen molar-refractivity contribution in [3.63, 3.8) is 0 Å². The first-order valence-corrected chi connectivity index (χ1v) is 8.63. The fraction of sp³-hybridized carbons (Fsp3) is 0.333. The van der Waals surface area contributed by atoms with Gasteiger partial charge in [-0.3, -0.25) is 20.4 Å². The third-order valence-corrected chi connectivity index (χ3v) is 4.21. The molecule has 0 aromatic heterocycles. The van der Waals surface area contributed by atoms with E-state index < -0.39 is 0 Å². The Balaban J connectivity index is 1.94. The maximum atomic E-state index is 12.3. The number of nitrogens with one attached hydrogen (secondary N) is 2. The van der Waals surface area contributed by atoms with Crippen LogP contribution in [0.3, 0.4) is 0 Å². The van der Waals surface area contributed by atoms with E-state index in [-0.39, 0.29) is 17.7 Å². The molecule has 2 N–H and O–H groups in total. The van der Waals surface area contributed by atoms with Crippen molar-refractivity contribution < 1.29 is 9.59 Å². The highest BCUT2D eigenvalue weighted by molar-refractivity contribution is 5.97. The van der Waals surface area contributed by atoms with Crippen molar-refractivity contribution in [1.82, 2.24) is 10.9 Å². The van der Waals surface area contributed by atoms with Crippen molar-refractivity contribution in [3.05, 3.63) is 70.8 Å². The second-order valence-electron chi connectivity index (χ2n) is 6.82. The Labute approximate surface area is 149 Å². The molecule has 0 saturated heterocycles. The summed E-state index contributed by atoms with van der Waals surface area (Å²) >= 11 is 0. The Morgan fingerprint density at radius 2 is 1.56 bits per heavy atom. The van der Waals surface area contributed by atoms with Gasteiger partial charge >= 0.3 is 0 Å². The first-order chi connectivity index (χ1) is 11.9. The standard InChI is InChI=1S/C21H26N2O2/c1-14(2)13-17-9-11-18(12-10-17)16(4)20(24)22-23-21(25)19-8-6-5-7-15(19)3/h5-12,14,16H,13H2,1-4H3,(H,22,24)(H,23,25). The maximum Gasteiger partial charge on any atom is 0.269 e. The molecule has 2 amide bonds. The smallest absolute Gasteiger partial charge is 0.269 e. The van der Waals surface area contributed by atoms with Gasteiger partial charge in [-0.25, -0.2) is 0 Å². The van der Waals surface area contributed by atoms with Crippen molar-refractivity contribution in [3.8, 4) is 0 Å². The highest BCUT2D eigenvalue weighted by Crippen LogP contribution is 2.17. The van der Waals surface area contributed by atoms with Crippen LogP contribution in [0.2, 0.25) is 0 Å². The minimum absolute atomic E-state index is 0.237. The van der Waals surface area contributed by atoms with Crippen molar-refractivity contribution in [1.29, 1.82) is 0 Å². The van der Waals surface area contributed by atoms with Crippen LogP contribution in [-0.4, -0.2) is 11.8 Å². The van der Waals surface area contributed by atoms with Crippen molar-refractivity contribution in [2.75, 3.05) is 0 Å². The Hall–Kier alpha value is -2.62. The van der Waals surface area contributed by atoms with E-state index in [0.29, 0.717) is 11.5 Å². The van der Waals surface area contributed by atoms with E-state index in [0.717, 1.165) is 17.5 Å². The Morgan fingerprint density at radius 3 is 2.16 bits per heavy atom. The molecular weight excluding hydrogens is 312 g/mol. The number of hydrogen-bond acceptors (Lipinski definition) is 2. The molecule has 0 spiro atoms. The van der Waals surface area contributed by atoms with Gasteiger partial charge in [-0.1, -0.05) is 56.3 Å². The second kappa shape index (κ2) is 8.47. The largest absolute Gasteiger partial charge is 0.273 e. The molecule has 25 heavy (non-hydrogen) atoms. The minimum atomic E-state index is -0.342. The zero-order valence-electron chi connectivity index (χ0n) is 15.3. The topological polar surface area (TPSA) is 58.2 Å². The van der Waals surface area contributed by atoms with Gasteiger partial charge in [0.25, 0.3) is 5.91 Å². The number of amides is 2. The Kier molecular flexibility index (Phi) is 6.34. The van der Waals surface area contributed by atoms with Gasteiger partial charge in [0.2, 0.25) is 5.91 Å². The van der Waals surface area contributed by atoms with Gasteiger partial charge in [0.15, 0.2) is 0 Å². The average Bonchev–Trinajstić information content (AvgIpc) is 2.59. The predicted octanol–water partition coefficient (Wildman–Crippen LogP) is 3.76. The number of carbonyl (C=O) groups excluding carboxylic acids is 2. The summed E-state index contributed by atoms with van der Waals surface area (Å²) in [5.41, 5.74) is 8.61. The molecule has 0 saturated carbocycles. The van der Waals surface area contributed by atoms with E-state index in [9.17, 15) is 9.59 Å². The molecule has 0 aliphatic carbocycles. The molecule has 0 radical (unpaired) electrons. The highest BCUT2D eigenvalue weighted by Gasteiger charge is 2.16. The highest BCUT2D eigenvalue weighted by atomic mass is 16.2. The fourth-order valence-electron chi connectivity index (χ4n) is 2.69. The van der Waals surface area contributed by atoms with E-state index >= 15 is 0 Å².